The molecule has 1 amide bonds. The first-order valence-electron chi connectivity index (χ1n) is 12.8. The van der Waals surface area contributed by atoms with Gasteiger partial charge < -0.3 is 16.0 Å². The van der Waals surface area contributed by atoms with Crippen molar-refractivity contribution in [3.8, 4) is 11.1 Å². The van der Waals surface area contributed by atoms with Gasteiger partial charge in [0.05, 0.1) is 16.8 Å². The maximum absolute atomic E-state index is 11.8. The number of H-pyrrole nitrogens is 1. The first kappa shape index (κ1) is 27.9. The maximum atomic E-state index is 11.8. The Hall–Kier alpha value is -2.68. The predicted octanol–water partition coefficient (Wildman–Crippen LogP) is 5.06. The van der Waals surface area contributed by atoms with E-state index >= 15 is 0 Å². The third kappa shape index (κ3) is 7.18. The van der Waals surface area contributed by atoms with Gasteiger partial charge >= 0.3 is 0 Å². The normalized spacial score (nSPS) is 15.5. The number of aromatic amines is 1. The lowest BCUT2D eigenvalue weighted by atomic mass is 9.97. The van der Waals surface area contributed by atoms with Gasteiger partial charge in [-0.25, -0.2) is 12.7 Å². The summed E-state index contributed by atoms with van der Waals surface area (Å²) in [4.78, 5) is 14.9. The standard InChI is InChI=1S/C21H25N3O.C7H15NO2S/c1-13(2)12-24-14(3)15-5-4-6-16(9-15)18-10-17-7-8-23-20(17)19(11-18)21(22)25;1-2-11(9,10)8-6-4-3-5-7-8/h4-11,13-14,23-24H,12H2,1-3H3,(H2,22,25);2-7H2,1H3. The number of nitrogens with one attached hydrogen (secondary N) is 2. The molecule has 1 unspecified atom stereocenters. The van der Waals surface area contributed by atoms with Crippen LogP contribution in [0.3, 0.4) is 0 Å². The van der Waals surface area contributed by atoms with Gasteiger partial charge in [-0.1, -0.05) is 38.5 Å². The lowest BCUT2D eigenvalue weighted by Gasteiger charge is -2.24. The van der Waals surface area contributed by atoms with Crippen LogP contribution in [0, 0.1) is 5.92 Å². The van der Waals surface area contributed by atoms with E-state index in [1.54, 1.807) is 11.2 Å². The number of primary amides is 1. The summed E-state index contributed by atoms with van der Waals surface area (Å²) in [5.41, 5.74) is 10.2. The van der Waals surface area contributed by atoms with E-state index in [-0.39, 0.29) is 11.8 Å². The number of amides is 1. The van der Waals surface area contributed by atoms with Gasteiger partial charge in [-0.3, -0.25) is 4.79 Å². The molecular formula is C28H40N4O3S. The second-order valence-corrected chi connectivity index (χ2v) is 12.1. The minimum atomic E-state index is -2.89. The van der Waals surface area contributed by atoms with E-state index in [0.717, 1.165) is 54.5 Å². The minimum Gasteiger partial charge on any atom is -0.366 e. The lowest BCUT2D eigenvalue weighted by Crippen LogP contribution is -2.36. The molecule has 0 spiro atoms. The Morgan fingerprint density at radius 3 is 2.42 bits per heavy atom. The molecule has 2 aromatic carbocycles. The molecule has 3 aromatic rings. The van der Waals surface area contributed by atoms with Crippen LogP contribution in [0.15, 0.2) is 48.7 Å². The topological polar surface area (TPSA) is 108 Å². The highest BCUT2D eigenvalue weighted by Crippen LogP contribution is 2.29. The van der Waals surface area contributed by atoms with Crippen molar-refractivity contribution in [1.82, 2.24) is 14.6 Å². The van der Waals surface area contributed by atoms with Crippen LogP contribution in [-0.4, -0.2) is 49.0 Å². The third-order valence-electron chi connectivity index (χ3n) is 6.55. The molecule has 0 radical (unpaired) electrons. The number of carbonyl (C=O) groups excluding carboxylic acids is 1. The fraction of sp³-hybridized carbons (Fsp3) is 0.464. The molecule has 1 aliphatic rings. The Balaban J connectivity index is 0.000000275. The Kier molecular flexibility index (Phi) is 9.70. The summed E-state index contributed by atoms with van der Waals surface area (Å²) in [6.07, 6.45) is 5.06. The van der Waals surface area contributed by atoms with E-state index in [9.17, 15) is 13.2 Å². The van der Waals surface area contributed by atoms with Crippen LogP contribution < -0.4 is 11.1 Å². The Bertz CT molecular complexity index is 1260. The van der Waals surface area contributed by atoms with Gasteiger partial charge in [0.2, 0.25) is 10.0 Å². The van der Waals surface area contributed by atoms with Gasteiger partial charge in [0, 0.05) is 30.7 Å². The van der Waals surface area contributed by atoms with Crippen LogP contribution in [0.1, 0.15) is 68.9 Å². The highest BCUT2D eigenvalue weighted by Gasteiger charge is 2.21. The molecule has 2 heterocycles. The van der Waals surface area contributed by atoms with Gasteiger partial charge in [-0.05, 0) is 80.1 Å². The molecule has 0 bridgehead atoms. The monoisotopic (exact) mass is 512 g/mol. The van der Waals surface area contributed by atoms with Crippen LogP contribution in [0.5, 0.6) is 0 Å². The number of fused-ring (bicyclic) bond motifs is 1. The first-order valence-corrected chi connectivity index (χ1v) is 14.5. The first-order chi connectivity index (χ1) is 17.1. The average molecular weight is 513 g/mol. The van der Waals surface area contributed by atoms with Crippen LogP contribution >= 0.6 is 0 Å². The van der Waals surface area contributed by atoms with E-state index < -0.39 is 15.9 Å². The second kappa shape index (κ2) is 12.5. The summed E-state index contributed by atoms with van der Waals surface area (Å²) >= 11 is 0. The minimum absolute atomic E-state index is 0.243. The van der Waals surface area contributed by atoms with Crippen molar-refractivity contribution >= 4 is 26.8 Å². The van der Waals surface area contributed by atoms with E-state index in [0.29, 0.717) is 11.5 Å². The predicted molar refractivity (Wildman–Crippen MR) is 148 cm³/mol. The molecular weight excluding hydrogens is 472 g/mol. The molecule has 4 N–H and O–H groups in total. The van der Waals surface area contributed by atoms with Gasteiger partial charge in [-0.15, -0.1) is 0 Å². The zero-order chi connectivity index (χ0) is 26.3. The van der Waals surface area contributed by atoms with Crippen LogP contribution in [0.2, 0.25) is 0 Å². The van der Waals surface area contributed by atoms with Crippen molar-refractivity contribution in [2.24, 2.45) is 11.7 Å². The maximum Gasteiger partial charge on any atom is 0.250 e. The van der Waals surface area contributed by atoms with Crippen LogP contribution in [-0.2, 0) is 10.0 Å². The number of hydrogen-bond donors (Lipinski definition) is 3. The SMILES string of the molecule is CC(C)CNC(C)c1cccc(-c2cc(C(N)=O)c3[nH]ccc3c2)c1.CCS(=O)(=O)N1CCCCC1. The molecule has 0 aliphatic carbocycles. The van der Waals surface area contributed by atoms with E-state index in [4.69, 9.17) is 5.73 Å². The molecule has 4 rings (SSSR count). The van der Waals surface area contributed by atoms with E-state index in [2.05, 4.69) is 61.4 Å². The highest BCUT2D eigenvalue weighted by molar-refractivity contribution is 7.89. The Morgan fingerprint density at radius 1 is 1.06 bits per heavy atom. The fourth-order valence-electron chi connectivity index (χ4n) is 4.38. The zero-order valence-corrected chi connectivity index (χ0v) is 22.7. The molecule has 1 aliphatic heterocycles. The van der Waals surface area contributed by atoms with Gasteiger partial charge in [0.1, 0.15) is 0 Å². The number of piperidine rings is 1. The Morgan fingerprint density at radius 2 is 1.78 bits per heavy atom. The molecule has 1 atom stereocenters. The summed E-state index contributed by atoms with van der Waals surface area (Å²) in [5, 5.41) is 4.54. The number of carbonyl (C=O) groups is 1. The van der Waals surface area contributed by atoms with Gasteiger partial charge in [0.15, 0.2) is 0 Å². The second-order valence-electron chi connectivity index (χ2n) is 9.84. The quantitative estimate of drug-likeness (QED) is 0.392. The molecule has 1 saturated heterocycles. The molecule has 0 saturated carbocycles. The van der Waals surface area contributed by atoms with Crippen LogP contribution in [0.25, 0.3) is 22.0 Å². The third-order valence-corrected chi connectivity index (χ3v) is 8.43. The summed E-state index contributed by atoms with van der Waals surface area (Å²) < 4.78 is 24.2. The number of hydrogen-bond acceptors (Lipinski definition) is 4. The number of nitrogens with two attached hydrogens (primary N) is 1. The van der Waals surface area contributed by atoms with Crippen molar-refractivity contribution in [2.75, 3.05) is 25.4 Å². The van der Waals surface area contributed by atoms with Gasteiger partial charge in [0.25, 0.3) is 5.91 Å². The molecule has 7 nitrogen and oxygen atoms in total. The van der Waals surface area contributed by atoms with Crippen molar-refractivity contribution < 1.29 is 13.2 Å². The van der Waals surface area contributed by atoms with Crippen LogP contribution in [0.4, 0.5) is 0 Å². The molecule has 36 heavy (non-hydrogen) atoms. The summed E-state index contributed by atoms with van der Waals surface area (Å²) in [5.74, 6) is 0.435. The molecule has 1 aromatic heterocycles. The number of sulfonamides is 1. The Labute approximate surface area is 215 Å². The molecule has 196 valence electrons. The smallest absolute Gasteiger partial charge is 0.250 e. The summed E-state index contributed by atoms with van der Waals surface area (Å²) in [7, 11) is -2.89. The summed E-state index contributed by atoms with van der Waals surface area (Å²) in [6.45, 7) is 10.7. The molecule has 8 heteroatoms. The van der Waals surface area contributed by atoms with Crippen molar-refractivity contribution in [3.05, 3.63) is 59.8 Å². The largest absolute Gasteiger partial charge is 0.366 e. The van der Waals surface area contributed by atoms with E-state index in [1.165, 1.54) is 12.0 Å². The zero-order valence-electron chi connectivity index (χ0n) is 21.9. The van der Waals surface area contributed by atoms with Crippen molar-refractivity contribution in [2.45, 2.75) is 53.0 Å². The molecule has 1 fully saturated rings. The van der Waals surface area contributed by atoms with E-state index in [1.807, 2.05) is 18.3 Å². The average Bonchev–Trinajstić information content (AvgIpc) is 3.36. The van der Waals surface area contributed by atoms with Gasteiger partial charge in [-0.2, -0.15) is 0 Å². The number of benzene rings is 2. The number of nitrogens with zero attached hydrogens (tertiary/aromatic N) is 1. The summed E-state index contributed by atoms with van der Waals surface area (Å²) in [6, 6.07) is 14.6. The highest BCUT2D eigenvalue weighted by atomic mass is 32.2. The number of aromatic nitrogens is 1. The lowest BCUT2D eigenvalue weighted by molar-refractivity contribution is 0.100. The number of rotatable bonds is 8. The van der Waals surface area contributed by atoms with Crippen molar-refractivity contribution in [3.63, 3.8) is 0 Å². The van der Waals surface area contributed by atoms with Crippen molar-refractivity contribution in [1.29, 1.82) is 0 Å². The fourth-order valence-corrected chi connectivity index (χ4v) is 5.56.